The molecule has 1 unspecified atom stereocenters. The van der Waals surface area contributed by atoms with Gasteiger partial charge in [0.1, 0.15) is 10.7 Å². The maximum atomic E-state index is 12.5. The third-order valence-corrected chi connectivity index (χ3v) is 5.21. The van der Waals surface area contributed by atoms with Crippen molar-refractivity contribution in [3.8, 4) is 0 Å². The number of carbonyl (C=O) groups excluding carboxylic acids is 1. The number of thiazole rings is 1. The molecule has 1 aliphatic rings. The molecule has 0 bridgehead atoms. The molecule has 1 saturated heterocycles. The molecule has 0 spiro atoms. The fourth-order valence-electron chi connectivity index (χ4n) is 1.95. The van der Waals surface area contributed by atoms with Crippen molar-refractivity contribution >= 4 is 40.0 Å². The van der Waals surface area contributed by atoms with Crippen LogP contribution in [0.3, 0.4) is 0 Å². The molecule has 1 fully saturated rings. The average Bonchev–Trinajstić information content (AvgIpc) is 2.77. The van der Waals surface area contributed by atoms with E-state index < -0.39 is 0 Å². The maximum Gasteiger partial charge on any atom is 0.268 e. The van der Waals surface area contributed by atoms with Gasteiger partial charge in [0.15, 0.2) is 5.13 Å². The van der Waals surface area contributed by atoms with Gasteiger partial charge in [-0.3, -0.25) is 4.79 Å². The van der Waals surface area contributed by atoms with Crippen LogP contribution in [0, 0.1) is 0 Å². The summed E-state index contributed by atoms with van der Waals surface area (Å²) in [5, 5.41) is 3.91. The summed E-state index contributed by atoms with van der Waals surface area (Å²) in [6.07, 6.45) is 1.02. The zero-order valence-corrected chi connectivity index (χ0v) is 12.9. The minimum Gasteiger partial charge on any atom is -0.382 e. The number of anilines is 2. The van der Waals surface area contributed by atoms with Crippen LogP contribution >= 0.6 is 23.1 Å². The van der Waals surface area contributed by atoms with E-state index in [9.17, 15) is 4.79 Å². The van der Waals surface area contributed by atoms with E-state index in [0.29, 0.717) is 10.7 Å². The minimum absolute atomic E-state index is 0.0207. The number of rotatable bonds is 4. The second-order valence-electron chi connectivity index (χ2n) is 4.58. The number of carbonyl (C=O) groups is 1. The van der Waals surface area contributed by atoms with E-state index in [0.717, 1.165) is 36.1 Å². The molecule has 1 atom stereocenters. The molecule has 1 aromatic heterocycles. The van der Waals surface area contributed by atoms with Crippen LogP contribution in [0.5, 0.6) is 0 Å². The van der Waals surface area contributed by atoms with Crippen LogP contribution < -0.4 is 11.1 Å². The molecule has 1 aromatic rings. The Balaban J connectivity index is 2.11. The first kappa shape index (κ1) is 14.5. The Morgan fingerprint density at radius 3 is 3.11 bits per heavy atom. The highest BCUT2D eigenvalue weighted by molar-refractivity contribution is 7.99. The van der Waals surface area contributed by atoms with Gasteiger partial charge in [-0.25, -0.2) is 4.98 Å². The fraction of sp³-hybridized carbons (Fsp3) is 0.667. The topological polar surface area (TPSA) is 71.2 Å². The number of nitrogens with two attached hydrogens (primary N) is 1. The summed E-state index contributed by atoms with van der Waals surface area (Å²) in [5.41, 5.74) is 5.87. The second-order valence-corrected chi connectivity index (χ2v) is 6.73. The number of nitrogens with one attached hydrogen (secondary N) is 1. The first-order chi connectivity index (χ1) is 9.13. The number of aromatic nitrogens is 1. The average molecular weight is 300 g/mol. The zero-order chi connectivity index (χ0) is 13.8. The summed E-state index contributed by atoms with van der Waals surface area (Å²) >= 11 is 3.25. The van der Waals surface area contributed by atoms with Crippen molar-refractivity contribution in [3.63, 3.8) is 0 Å². The summed E-state index contributed by atoms with van der Waals surface area (Å²) in [5.74, 6) is 2.35. The monoisotopic (exact) mass is 300 g/mol. The van der Waals surface area contributed by atoms with Crippen LogP contribution in [0.25, 0.3) is 0 Å². The predicted octanol–water partition coefficient (Wildman–Crippen LogP) is 2.12. The molecule has 2 rings (SSSR count). The van der Waals surface area contributed by atoms with Gasteiger partial charge >= 0.3 is 0 Å². The van der Waals surface area contributed by atoms with Crippen molar-refractivity contribution in [3.05, 3.63) is 4.88 Å². The summed E-state index contributed by atoms with van der Waals surface area (Å²) in [6.45, 7) is 5.80. The van der Waals surface area contributed by atoms with Crippen molar-refractivity contribution in [2.24, 2.45) is 0 Å². The molecule has 19 heavy (non-hydrogen) atoms. The Morgan fingerprint density at radius 1 is 1.63 bits per heavy atom. The Labute approximate surface area is 122 Å². The van der Waals surface area contributed by atoms with Crippen molar-refractivity contribution in [2.45, 2.75) is 26.3 Å². The molecule has 106 valence electrons. The molecule has 1 aliphatic heterocycles. The molecule has 1 amide bonds. The lowest BCUT2D eigenvalue weighted by molar-refractivity contribution is 0.0722. The highest BCUT2D eigenvalue weighted by Gasteiger charge is 2.27. The molecule has 0 aliphatic carbocycles. The van der Waals surface area contributed by atoms with E-state index in [1.165, 1.54) is 11.3 Å². The molecule has 7 heteroatoms. The number of amides is 1. The van der Waals surface area contributed by atoms with E-state index in [1.54, 1.807) is 0 Å². The first-order valence-electron chi connectivity index (χ1n) is 6.52. The number of hydrogen-bond acceptors (Lipinski definition) is 6. The van der Waals surface area contributed by atoms with Crippen LogP contribution in [0.15, 0.2) is 0 Å². The summed E-state index contributed by atoms with van der Waals surface area (Å²) in [7, 11) is 0. The van der Waals surface area contributed by atoms with Gasteiger partial charge in [-0.1, -0.05) is 18.3 Å². The number of nitrogen functional groups attached to an aromatic ring is 1. The van der Waals surface area contributed by atoms with Crippen LogP contribution in [0.2, 0.25) is 0 Å². The summed E-state index contributed by atoms with van der Waals surface area (Å²) in [6, 6.07) is 0.264. The SMILES string of the molecule is CCCNc1nc(N)c(C(=O)N2CCSCC2C)s1. The van der Waals surface area contributed by atoms with Gasteiger partial charge < -0.3 is 16.0 Å². The molecule has 0 saturated carbocycles. The molecular weight excluding hydrogens is 280 g/mol. The Hall–Kier alpha value is -0.950. The number of hydrogen-bond donors (Lipinski definition) is 2. The van der Waals surface area contributed by atoms with Crippen molar-refractivity contribution in [1.82, 2.24) is 9.88 Å². The van der Waals surface area contributed by atoms with Gasteiger partial charge in [0.05, 0.1) is 0 Å². The quantitative estimate of drug-likeness (QED) is 0.891. The highest BCUT2D eigenvalue weighted by atomic mass is 32.2. The molecule has 2 heterocycles. The van der Waals surface area contributed by atoms with Gasteiger partial charge in [0.25, 0.3) is 5.91 Å². The van der Waals surface area contributed by atoms with Crippen LogP contribution in [0.1, 0.15) is 29.9 Å². The summed E-state index contributed by atoms with van der Waals surface area (Å²) in [4.78, 5) is 19.2. The standard InChI is InChI=1S/C12H20N4OS2/c1-3-4-14-12-15-10(13)9(19-12)11(17)16-5-6-18-7-8(16)2/h8H,3-7,13H2,1-2H3,(H,14,15). The van der Waals surface area contributed by atoms with Crippen molar-refractivity contribution in [1.29, 1.82) is 0 Å². The minimum atomic E-state index is 0.0207. The van der Waals surface area contributed by atoms with E-state index in [2.05, 4.69) is 24.1 Å². The summed E-state index contributed by atoms with van der Waals surface area (Å²) < 4.78 is 0. The van der Waals surface area contributed by atoms with E-state index in [-0.39, 0.29) is 11.9 Å². The van der Waals surface area contributed by atoms with Gasteiger partial charge in [0, 0.05) is 30.6 Å². The lowest BCUT2D eigenvalue weighted by atomic mass is 10.3. The Morgan fingerprint density at radius 2 is 2.42 bits per heavy atom. The molecule has 0 aromatic carbocycles. The van der Waals surface area contributed by atoms with E-state index in [1.807, 2.05) is 16.7 Å². The molecule has 3 N–H and O–H groups in total. The van der Waals surface area contributed by atoms with E-state index >= 15 is 0 Å². The van der Waals surface area contributed by atoms with Crippen LogP contribution in [-0.4, -0.2) is 46.4 Å². The fourth-order valence-corrected chi connectivity index (χ4v) is 3.83. The number of nitrogens with zero attached hydrogens (tertiary/aromatic N) is 2. The Bertz CT molecular complexity index is 449. The first-order valence-corrected chi connectivity index (χ1v) is 8.49. The van der Waals surface area contributed by atoms with Crippen molar-refractivity contribution < 1.29 is 4.79 Å². The van der Waals surface area contributed by atoms with Gasteiger partial charge in [-0.05, 0) is 13.3 Å². The second kappa shape index (κ2) is 6.47. The largest absolute Gasteiger partial charge is 0.382 e. The predicted molar refractivity (Wildman–Crippen MR) is 83.1 cm³/mol. The van der Waals surface area contributed by atoms with Gasteiger partial charge in [-0.15, -0.1) is 0 Å². The number of thioether (sulfide) groups is 1. The smallest absolute Gasteiger partial charge is 0.268 e. The van der Waals surface area contributed by atoms with Crippen LogP contribution in [-0.2, 0) is 0 Å². The zero-order valence-electron chi connectivity index (χ0n) is 11.3. The molecule has 5 nitrogen and oxygen atoms in total. The normalized spacial score (nSPS) is 19.5. The lowest BCUT2D eigenvalue weighted by Crippen LogP contribution is -2.44. The van der Waals surface area contributed by atoms with E-state index in [4.69, 9.17) is 5.73 Å². The van der Waals surface area contributed by atoms with Gasteiger partial charge in [-0.2, -0.15) is 11.8 Å². The highest BCUT2D eigenvalue weighted by Crippen LogP contribution is 2.28. The van der Waals surface area contributed by atoms with Crippen molar-refractivity contribution in [2.75, 3.05) is 35.6 Å². The maximum absolute atomic E-state index is 12.5. The van der Waals surface area contributed by atoms with Crippen LogP contribution in [0.4, 0.5) is 10.9 Å². The Kier molecular flexibility index (Phi) is 4.93. The lowest BCUT2D eigenvalue weighted by Gasteiger charge is -2.32. The third kappa shape index (κ3) is 3.33. The van der Waals surface area contributed by atoms with Gasteiger partial charge in [0.2, 0.25) is 0 Å². The molecule has 0 radical (unpaired) electrons. The third-order valence-electron chi connectivity index (χ3n) is 3.00. The molecular formula is C12H20N4OS2.